The van der Waals surface area contributed by atoms with Crippen LogP contribution in [0.5, 0.6) is 0 Å². The number of carbonyl (C=O) groups is 2. The first-order chi connectivity index (χ1) is 12.3. The second-order valence-electron chi connectivity index (χ2n) is 5.87. The Morgan fingerprint density at radius 2 is 1.92 bits per heavy atom. The predicted octanol–water partition coefficient (Wildman–Crippen LogP) is 0.596. The summed E-state index contributed by atoms with van der Waals surface area (Å²) in [6.07, 6.45) is -1.13. The van der Waals surface area contributed by atoms with Crippen molar-refractivity contribution in [1.29, 1.82) is 0 Å². The van der Waals surface area contributed by atoms with Gasteiger partial charge in [0, 0.05) is 14.0 Å². The molecule has 0 bridgehead atoms. The lowest BCUT2D eigenvalue weighted by atomic mass is 10.1. The van der Waals surface area contributed by atoms with Crippen molar-refractivity contribution in [3.8, 4) is 0 Å². The van der Waals surface area contributed by atoms with Crippen LogP contribution in [0.2, 0.25) is 0 Å². The third-order valence-corrected chi connectivity index (χ3v) is 4.29. The maximum atomic E-state index is 12.2. The molecular formula is C17H22ClNO7. The minimum Gasteiger partial charge on any atom is -0.394 e. The monoisotopic (exact) mass is 387 g/mol. The molecule has 1 aromatic rings. The van der Waals surface area contributed by atoms with Crippen LogP contribution in [0, 0.1) is 0 Å². The lowest BCUT2D eigenvalue weighted by Crippen LogP contribution is -2.39. The van der Waals surface area contributed by atoms with Gasteiger partial charge in [-0.1, -0.05) is 12.1 Å². The number of imide groups is 1. The molecule has 26 heavy (non-hydrogen) atoms. The van der Waals surface area contributed by atoms with E-state index >= 15 is 0 Å². The number of benzene rings is 1. The molecule has 8 nitrogen and oxygen atoms in total. The van der Waals surface area contributed by atoms with Gasteiger partial charge in [0.05, 0.1) is 42.9 Å². The number of fused-ring (bicyclic) bond motifs is 1. The molecule has 2 aliphatic rings. The van der Waals surface area contributed by atoms with Crippen molar-refractivity contribution in [3.05, 3.63) is 35.4 Å². The number of hydrogen-bond donors (Lipinski definition) is 2. The van der Waals surface area contributed by atoms with Crippen molar-refractivity contribution in [2.45, 2.75) is 25.1 Å². The Morgan fingerprint density at radius 1 is 1.35 bits per heavy atom. The minimum atomic E-state index is -1.11. The highest BCUT2D eigenvalue weighted by Crippen LogP contribution is 2.27. The van der Waals surface area contributed by atoms with Crippen molar-refractivity contribution in [2.24, 2.45) is 0 Å². The first-order valence-corrected chi connectivity index (χ1v) is 8.55. The van der Waals surface area contributed by atoms with Gasteiger partial charge < -0.3 is 24.4 Å². The van der Waals surface area contributed by atoms with Crippen LogP contribution in [-0.4, -0.2) is 77.9 Å². The van der Waals surface area contributed by atoms with Gasteiger partial charge in [-0.3, -0.25) is 14.5 Å². The number of halogens is 1. The smallest absolute Gasteiger partial charge is 0.280 e. The summed E-state index contributed by atoms with van der Waals surface area (Å²) < 4.78 is 16.0. The van der Waals surface area contributed by atoms with Crippen molar-refractivity contribution in [2.75, 3.05) is 32.7 Å². The van der Waals surface area contributed by atoms with E-state index in [1.165, 1.54) is 12.0 Å². The summed E-state index contributed by atoms with van der Waals surface area (Å²) in [5.41, 5.74) is 0.872. The van der Waals surface area contributed by atoms with Crippen LogP contribution in [0.3, 0.4) is 0 Å². The highest BCUT2D eigenvalue weighted by molar-refractivity contribution is 6.21. The summed E-state index contributed by atoms with van der Waals surface area (Å²) >= 11 is 5.04. The Hall–Kier alpha value is -1.55. The van der Waals surface area contributed by atoms with E-state index in [-0.39, 0.29) is 43.6 Å². The normalized spacial score (nSPS) is 25.7. The second-order valence-corrected chi connectivity index (χ2v) is 6.18. The molecule has 144 valence electrons. The van der Waals surface area contributed by atoms with Crippen molar-refractivity contribution in [1.82, 2.24) is 4.90 Å². The summed E-state index contributed by atoms with van der Waals surface area (Å²) in [6, 6.07) is 6.79. The summed E-state index contributed by atoms with van der Waals surface area (Å²) in [4.78, 5) is 25.6. The highest BCUT2D eigenvalue weighted by Gasteiger charge is 2.42. The van der Waals surface area contributed by atoms with Gasteiger partial charge in [0.25, 0.3) is 17.8 Å². The molecule has 1 aromatic carbocycles. The summed E-state index contributed by atoms with van der Waals surface area (Å²) in [6.45, 7) is 1.84. The van der Waals surface area contributed by atoms with Crippen molar-refractivity contribution in [3.63, 3.8) is 0 Å². The van der Waals surface area contributed by atoms with E-state index in [4.69, 9.17) is 36.0 Å². The van der Waals surface area contributed by atoms with Gasteiger partial charge in [-0.2, -0.15) is 0 Å². The molecule has 1 fully saturated rings. The molecule has 2 aliphatic heterocycles. The Kier molecular flexibility index (Phi) is 7.10. The number of carbonyl (C=O) groups excluding carboxylic acids is 2. The van der Waals surface area contributed by atoms with Crippen molar-refractivity contribution < 1.29 is 34.0 Å². The number of alkyl halides is 1. The van der Waals surface area contributed by atoms with E-state index in [2.05, 4.69) is 0 Å². The van der Waals surface area contributed by atoms with E-state index in [1.54, 1.807) is 31.2 Å². The number of nitrogens with zero attached hydrogens (tertiary/aromatic N) is 1. The van der Waals surface area contributed by atoms with E-state index in [0.29, 0.717) is 11.1 Å². The fourth-order valence-corrected chi connectivity index (χ4v) is 2.57. The zero-order valence-electron chi connectivity index (χ0n) is 14.6. The van der Waals surface area contributed by atoms with Crippen molar-refractivity contribution >= 4 is 23.4 Å². The zero-order valence-corrected chi connectivity index (χ0v) is 15.3. The van der Waals surface area contributed by atoms with Crippen LogP contribution >= 0.6 is 11.6 Å². The molecule has 0 spiro atoms. The average Bonchev–Trinajstić information content (AvgIpc) is 3.16. The first-order valence-electron chi connectivity index (χ1n) is 8.02. The van der Waals surface area contributed by atoms with E-state index in [0.717, 1.165) is 0 Å². The number of ether oxygens (including phenoxy) is 3. The number of aliphatic hydroxyl groups is 2. The van der Waals surface area contributed by atoms with Crippen LogP contribution in [0.25, 0.3) is 0 Å². The van der Waals surface area contributed by atoms with E-state index in [1.807, 2.05) is 0 Å². The standard InChI is InChI=1S/C14H15NO5.C3H7ClO2/c1-14(18-2)19-8-9(20-14)7-15-12(16)10-5-3-4-6-11(10)13(15)17;4-1-3(6)2-5/h3-6,9H,7-8H2,1-2H3;3,5-6H,1-2H2/t9?,14-;3-/m00/s1. The summed E-state index contributed by atoms with van der Waals surface area (Å²) in [7, 11) is 1.48. The molecule has 3 atom stereocenters. The molecule has 2 amide bonds. The topological polar surface area (TPSA) is 106 Å². The van der Waals surface area contributed by atoms with Crippen LogP contribution in [0.1, 0.15) is 27.6 Å². The first kappa shape index (κ1) is 20.8. The molecular weight excluding hydrogens is 366 g/mol. The third kappa shape index (κ3) is 4.59. The predicted molar refractivity (Wildman–Crippen MR) is 91.9 cm³/mol. The fourth-order valence-electron chi connectivity index (χ4n) is 2.47. The lowest BCUT2D eigenvalue weighted by molar-refractivity contribution is -0.313. The molecule has 2 heterocycles. The fraction of sp³-hybridized carbons (Fsp3) is 0.529. The van der Waals surface area contributed by atoms with Gasteiger partial charge >= 0.3 is 0 Å². The number of amides is 2. The Morgan fingerprint density at radius 3 is 2.31 bits per heavy atom. The largest absolute Gasteiger partial charge is 0.394 e. The average molecular weight is 388 g/mol. The van der Waals surface area contributed by atoms with Gasteiger partial charge in [-0.15, -0.1) is 11.6 Å². The Bertz CT molecular complexity index is 617. The van der Waals surface area contributed by atoms with Crippen LogP contribution in [0.15, 0.2) is 24.3 Å². The quantitative estimate of drug-likeness (QED) is 0.562. The summed E-state index contributed by atoms with van der Waals surface area (Å²) in [5, 5.41) is 16.3. The molecule has 3 rings (SSSR count). The van der Waals surface area contributed by atoms with Crippen LogP contribution < -0.4 is 0 Å². The van der Waals surface area contributed by atoms with E-state index in [9.17, 15) is 9.59 Å². The highest BCUT2D eigenvalue weighted by atomic mass is 35.5. The molecule has 9 heteroatoms. The molecule has 1 saturated heterocycles. The minimum absolute atomic E-state index is 0.108. The molecule has 0 aliphatic carbocycles. The number of methoxy groups -OCH3 is 1. The molecule has 1 unspecified atom stereocenters. The SMILES string of the molecule is CO[C@@]1(C)OCC(CN2C(=O)c3ccccc3C2=O)O1.OC[C@@H](O)CCl. The van der Waals surface area contributed by atoms with Gasteiger partial charge in [-0.05, 0) is 12.1 Å². The van der Waals surface area contributed by atoms with E-state index < -0.39 is 12.1 Å². The Balaban J connectivity index is 0.000000352. The summed E-state index contributed by atoms with van der Waals surface area (Å²) in [5.74, 6) is -1.58. The zero-order chi connectivity index (χ0) is 19.3. The number of aliphatic hydroxyl groups excluding tert-OH is 2. The third-order valence-electron chi connectivity index (χ3n) is 3.94. The molecule has 0 saturated carbocycles. The molecule has 2 N–H and O–H groups in total. The Labute approximate surface area is 156 Å². The number of hydrogen-bond acceptors (Lipinski definition) is 7. The van der Waals surface area contributed by atoms with Gasteiger partial charge in [0.2, 0.25) is 0 Å². The van der Waals surface area contributed by atoms with Gasteiger partial charge in [0.15, 0.2) is 0 Å². The van der Waals surface area contributed by atoms with Gasteiger partial charge in [-0.25, -0.2) is 0 Å². The molecule has 0 aromatic heterocycles. The van der Waals surface area contributed by atoms with Gasteiger partial charge in [0.1, 0.15) is 6.10 Å². The number of rotatable bonds is 5. The van der Waals surface area contributed by atoms with Crippen LogP contribution in [-0.2, 0) is 14.2 Å². The maximum absolute atomic E-state index is 12.2. The van der Waals surface area contributed by atoms with Crippen LogP contribution in [0.4, 0.5) is 0 Å². The molecule has 0 radical (unpaired) electrons. The maximum Gasteiger partial charge on any atom is 0.280 e. The second kappa shape index (κ2) is 8.90. The lowest BCUT2D eigenvalue weighted by Gasteiger charge is -2.22.